The van der Waals surface area contributed by atoms with E-state index in [9.17, 15) is 9.59 Å². The number of nitrogens with zero attached hydrogens (tertiary/aromatic N) is 1. The van der Waals surface area contributed by atoms with Gasteiger partial charge in [-0.2, -0.15) is 0 Å². The van der Waals surface area contributed by atoms with Crippen LogP contribution in [-0.4, -0.2) is 18.8 Å². The predicted octanol–water partition coefficient (Wildman–Crippen LogP) is 4.86. The number of ketones is 1. The number of fused-ring (bicyclic) bond motifs is 1. The van der Waals surface area contributed by atoms with E-state index in [4.69, 9.17) is 9.47 Å². The summed E-state index contributed by atoms with van der Waals surface area (Å²) in [5.41, 5.74) is 3.24. The number of benzene rings is 3. The Morgan fingerprint density at radius 1 is 0.967 bits per heavy atom. The lowest BCUT2D eigenvalue weighted by Gasteiger charge is -2.16. The minimum atomic E-state index is -0.214. The van der Waals surface area contributed by atoms with E-state index in [2.05, 4.69) is 0 Å². The SMILES string of the molecule is COc1cc(C=C2C(=O)c3ccccc3N2C(C)=O)ccc1OCc1ccccc1. The van der Waals surface area contributed by atoms with Crippen molar-refractivity contribution in [1.82, 2.24) is 0 Å². The van der Waals surface area contributed by atoms with Crippen molar-refractivity contribution in [2.24, 2.45) is 0 Å². The Bertz CT molecular complexity index is 1130. The number of methoxy groups -OCH3 is 1. The molecular weight excluding hydrogens is 378 g/mol. The fourth-order valence-corrected chi connectivity index (χ4v) is 3.49. The third-order valence-electron chi connectivity index (χ3n) is 4.91. The van der Waals surface area contributed by atoms with Gasteiger partial charge in [0.2, 0.25) is 11.7 Å². The number of rotatable bonds is 5. The highest BCUT2D eigenvalue weighted by Gasteiger charge is 2.34. The highest BCUT2D eigenvalue weighted by atomic mass is 16.5. The number of allylic oxidation sites excluding steroid dienone is 1. The number of ether oxygens (including phenoxy) is 2. The van der Waals surface area contributed by atoms with Gasteiger partial charge in [0.15, 0.2) is 11.5 Å². The average molecular weight is 399 g/mol. The molecule has 1 amide bonds. The van der Waals surface area contributed by atoms with E-state index in [0.717, 1.165) is 11.1 Å². The van der Waals surface area contributed by atoms with Crippen LogP contribution < -0.4 is 14.4 Å². The molecule has 0 N–H and O–H groups in total. The van der Waals surface area contributed by atoms with Crippen LogP contribution in [0.2, 0.25) is 0 Å². The molecule has 150 valence electrons. The molecule has 0 saturated carbocycles. The first-order valence-corrected chi connectivity index (χ1v) is 9.59. The third kappa shape index (κ3) is 3.70. The van der Waals surface area contributed by atoms with Gasteiger partial charge >= 0.3 is 0 Å². The van der Waals surface area contributed by atoms with Gasteiger partial charge in [0.25, 0.3) is 0 Å². The Morgan fingerprint density at radius 3 is 2.43 bits per heavy atom. The Morgan fingerprint density at radius 2 is 1.70 bits per heavy atom. The molecule has 0 saturated heterocycles. The van der Waals surface area contributed by atoms with E-state index in [1.807, 2.05) is 42.5 Å². The van der Waals surface area contributed by atoms with Crippen LogP contribution in [-0.2, 0) is 11.4 Å². The second-order valence-electron chi connectivity index (χ2n) is 6.91. The van der Waals surface area contributed by atoms with E-state index in [0.29, 0.717) is 35.1 Å². The van der Waals surface area contributed by atoms with Gasteiger partial charge in [0.1, 0.15) is 6.61 Å². The summed E-state index contributed by atoms with van der Waals surface area (Å²) in [5, 5.41) is 0. The van der Waals surface area contributed by atoms with Gasteiger partial charge in [0, 0.05) is 12.5 Å². The molecule has 0 spiro atoms. The van der Waals surface area contributed by atoms with Crippen molar-refractivity contribution in [3.05, 3.63) is 95.2 Å². The van der Waals surface area contributed by atoms with Crippen molar-refractivity contribution in [1.29, 1.82) is 0 Å². The van der Waals surface area contributed by atoms with E-state index >= 15 is 0 Å². The second kappa shape index (κ2) is 8.25. The molecule has 3 aromatic carbocycles. The van der Waals surface area contributed by atoms with E-state index in [1.54, 1.807) is 43.5 Å². The number of anilines is 1. The van der Waals surface area contributed by atoms with Crippen LogP contribution in [0.5, 0.6) is 11.5 Å². The van der Waals surface area contributed by atoms with E-state index < -0.39 is 0 Å². The molecule has 4 rings (SSSR count). The van der Waals surface area contributed by atoms with Gasteiger partial charge in [-0.15, -0.1) is 0 Å². The molecule has 0 fully saturated rings. The molecule has 1 aliphatic heterocycles. The molecule has 0 aliphatic carbocycles. The molecule has 0 radical (unpaired) electrons. The molecule has 0 bridgehead atoms. The molecular formula is C25H21NO4. The van der Waals surface area contributed by atoms with Gasteiger partial charge in [-0.3, -0.25) is 14.5 Å². The molecule has 30 heavy (non-hydrogen) atoms. The lowest BCUT2D eigenvalue weighted by atomic mass is 10.1. The second-order valence-corrected chi connectivity index (χ2v) is 6.91. The predicted molar refractivity (Wildman–Crippen MR) is 116 cm³/mol. The van der Waals surface area contributed by atoms with Gasteiger partial charge in [-0.05, 0) is 41.5 Å². The van der Waals surface area contributed by atoms with Crippen molar-refractivity contribution >= 4 is 23.5 Å². The molecule has 0 atom stereocenters. The number of carbonyl (C=O) groups is 2. The Hall–Kier alpha value is -3.86. The summed E-state index contributed by atoms with van der Waals surface area (Å²) in [6.07, 6.45) is 1.70. The largest absolute Gasteiger partial charge is 0.493 e. The summed E-state index contributed by atoms with van der Waals surface area (Å²) < 4.78 is 11.4. The summed E-state index contributed by atoms with van der Waals surface area (Å²) in [6, 6.07) is 22.4. The molecule has 0 unspecified atom stereocenters. The zero-order valence-electron chi connectivity index (χ0n) is 16.8. The standard InChI is InChI=1S/C25H21NO4/c1-17(27)26-21-11-7-6-10-20(21)25(28)22(26)14-19-12-13-23(24(15-19)29-2)30-16-18-8-4-3-5-9-18/h3-15H,16H2,1-2H3. The van der Waals surface area contributed by atoms with Gasteiger partial charge in [-0.25, -0.2) is 0 Å². The van der Waals surface area contributed by atoms with Crippen LogP contribution in [0, 0.1) is 0 Å². The molecule has 1 aliphatic rings. The van der Waals surface area contributed by atoms with Crippen LogP contribution >= 0.6 is 0 Å². The van der Waals surface area contributed by atoms with Crippen LogP contribution in [0.15, 0.2) is 78.5 Å². The minimum absolute atomic E-state index is 0.177. The van der Waals surface area contributed by atoms with Crippen LogP contribution in [0.1, 0.15) is 28.4 Å². The van der Waals surface area contributed by atoms with Crippen molar-refractivity contribution in [3.8, 4) is 11.5 Å². The molecule has 0 aromatic heterocycles. The first kappa shape index (κ1) is 19.5. The Kier molecular flexibility index (Phi) is 5.35. The first-order valence-electron chi connectivity index (χ1n) is 9.59. The number of para-hydroxylation sites is 1. The third-order valence-corrected chi connectivity index (χ3v) is 4.91. The minimum Gasteiger partial charge on any atom is -0.493 e. The summed E-state index contributed by atoms with van der Waals surface area (Å²) in [7, 11) is 1.57. The van der Waals surface area contributed by atoms with Crippen molar-refractivity contribution in [3.63, 3.8) is 0 Å². The molecule has 1 heterocycles. The highest BCUT2D eigenvalue weighted by molar-refractivity contribution is 6.26. The monoisotopic (exact) mass is 399 g/mol. The lowest BCUT2D eigenvalue weighted by Crippen LogP contribution is -2.25. The van der Waals surface area contributed by atoms with Gasteiger partial charge < -0.3 is 9.47 Å². The fraction of sp³-hybridized carbons (Fsp3) is 0.120. The number of amides is 1. The van der Waals surface area contributed by atoms with E-state index in [-0.39, 0.29) is 11.7 Å². The zero-order valence-corrected chi connectivity index (χ0v) is 16.8. The average Bonchev–Trinajstić information content (AvgIpc) is 3.05. The maximum absolute atomic E-state index is 12.9. The maximum Gasteiger partial charge on any atom is 0.228 e. The Balaban J connectivity index is 1.63. The summed E-state index contributed by atoms with van der Waals surface area (Å²) >= 11 is 0. The van der Waals surface area contributed by atoms with Crippen LogP contribution in [0.25, 0.3) is 6.08 Å². The number of hydrogen-bond donors (Lipinski definition) is 0. The van der Waals surface area contributed by atoms with Gasteiger partial charge in [-0.1, -0.05) is 48.5 Å². The van der Waals surface area contributed by atoms with Crippen LogP contribution in [0.4, 0.5) is 5.69 Å². The maximum atomic E-state index is 12.9. The number of carbonyl (C=O) groups excluding carboxylic acids is 2. The smallest absolute Gasteiger partial charge is 0.228 e. The quantitative estimate of drug-likeness (QED) is 0.575. The molecule has 5 nitrogen and oxygen atoms in total. The molecule has 5 heteroatoms. The van der Waals surface area contributed by atoms with E-state index in [1.165, 1.54) is 11.8 Å². The number of Topliss-reactive ketones (excluding diaryl/α,β-unsaturated/α-hetero) is 1. The summed E-state index contributed by atoms with van der Waals surface area (Å²) in [6.45, 7) is 1.87. The summed E-state index contributed by atoms with van der Waals surface area (Å²) in [4.78, 5) is 26.6. The zero-order chi connectivity index (χ0) is 21.1. The van der Waals surface area contributed by atoms with Crippen molar-refractivity contribution in [2.75, 3.05) is 12.0 Å². The number of hydrogen-bond acceptors (Lipinski definition) is 4. The van der Waals surface area contributed by atoms with Gasteiger partial charge in [0.05, 0.1) is 18.5 Å². The fourth-order valence-electron chi connectivity index (χ4n) is 3.49. The topological polar surface area (TPSA) is 55.8 Å². The summed E-state index contributed by atoms with van der Waals surface area (Å²) in [5.74, 6) is 0.768. The van der Waals surface area contributed by atoms with Crippen LogP contribution in [0.3, 0.4) is 0 Å². The first-order chi connectivity index (χ1) is 14.6. The van der Waals surface area contributed by atoms with Crippen molar-refractivity contribution in [2.45, 2.75) is 13.5 Å². The normalized spacial score (nSPS) is 14.0. The lowest BCUT2D eigenvalue weighted by molar-refractivity contribution is -0.116. The highest BCUT2D eigenvalue weighted by Crippen LogP contribution is 2.36. The Labute approximate surface area is 175 Å². The van der Waals surface area contributed by atoms with Crippen molar-refractivity contribution < 1.29 is 19.1 Å². The molecule has 3 aromatic rings.